The van der Waals surface area contributed by atoms with Crippen LogP contribution in [0.2, 0.25) is 0 Å². The molecule has 1 aromatic heterocycles. The Morgan fingerprint density at radius 3 is 2.62 bits per heavy atom. The quantitative estimate of drug-likeness (QED) is 0.809. The smallest absolute Gasteiger partial charge is 0.0300 e. The molecule has 4 heteroatoms. The maximum Gasteiger partial charge on any atom is 0.0300 e. The highest BCUT2D eigenvalue weighted by Crippen LogP contribution is 2.19. The van der Waals surface area contributed by atoms with Crippen LogP contribution in [0.3, 0.4) is 0 Å². The summed E-state index contributed by atoms with van der Waals surface area (Å²) >= 11 is 5.27. The molecule has 0 aromatic carbocycles. The van der Waals surface area contributed by atoms with Crippen LogP contribution in [0.25, 0.3) is 0 Å². The normalized spacial score (nSPS) is 13.3. The fourth-order valence-electron chi connectivity index (χ4n) is 1.63. The lowest BCUT2D eigenvalue weighted by atomic mass is 9.96. The van der Waals surface area contributed by atoms with Crippen molar-refractivity contribution in [3.05, 3.63) is 20.8 Å². The second kappa shape index (κ2) is 7.43. The third-order valence-electron chi connectivity index (χ3n) is 2.74. The van der Waals surface area contributed by atoms with Crippen LogP contribution in [0, 0.1) is 11.8 Å². The van der Waals surface area contributed by atoms with Crippen molar-refractivity contribution >= 4 is 27.3 Å². The van der Waals surface area contributed by atoms with Crippen molar-refractivity contribution in [3.8, 4) is 0 Å². The molecular formula is C12H21BrN2S. The van der Waals surface area contributed by atoms with Crippen molar-refractivity contribution in [2.45, 2.75) is 20.4 Å². The molecule has 0 saturated carbocycles. The summed E-state index contributed by atoms with van der Waals surface area (Å²) in [6, 6.07) is 2.18. The third kappa shape index (κ3) is 4.95. The fourth-order valence-corrected chi connectivity index (χ4v) is 3.05. The summed E-state index contributed by atoms with van der Waals surface area (Å²) in [5, 5.41) is 8.92. The average molecular weight is 305 g/mol. The molecule has 0 aliphatic rings. The third-order valence-corrected chi connectivity index (χ3v) is 4.43. The first-order valence-corrected chi connectivity index (χ1v) is 7.39. The molecule has 1 heterocycles. The van der Waals surface area contributed by atoms with E-state index in [9.17, 15) is 0 Å². The van der Waals surface area contributed by atoms with Crippen molar-refractivity contribution in [1.29, 1.82) is 0 Å². The zero-order valence-electron chi connectivity index (χ0n) is 10.2. The first kappa shape index (κ1) is 14.2. The van der Waals surface area contributed by atoms with Gasteiger partial charge in [-0.2, -0.15) is 0 Å². The molecule has 1 aromatic rings. The Morgan fingerprint density at radius 1 is 1.38 bits per heavy atom. The Balaban J connectivity index is 2.27. The second-order valence-electron chi connectivity index (χ2n) is 4.42. The van der Waals surface area contributed by atoms with Gasteiger partial charge in [-0.05, 0) is 54.0 Å². The lowest BCUT2D eigenvalue weighted by Gasteiger charge is -2.20. The van der Waals surface area contributed by atoms with Crippen molar-refractivity contribution in [2.24, 2.45) is 11.8 Å². The molecule has 1 atom stereocenters. The lowest BCUT2D eigenvalue weighted by Crippen LogP contribution is -2.32. The molecule has 0 spiro atoms. The van der Waals surface area contributed by atoms with E-state index < -0.39 is 0 Å². The molecule has 16 heavy (non-hydrogen) atoms. The SMILES string of the molecule is CNCC(CNCc1cc(Br)cs1)C(C)C. The summed E-state index contributed by atoms with van der Waals surface area (Å²) in [4.78, 5) is 1.39. The number of rotatable bonds is 7. The summed E-state index contributed by atoms with van der Waals surface area (Å²) in [5.41, 5.74) is 0. The Hall–Kier alpha value is 0.1000. The lowest BCUT2D eigenvalue weighted by molar-refractivity contribution is 0.353. The topological polar surface area (TPSA) is 24.1 Å². The van der Waals surface area contributed by atoms with E-state index in [-0.39, 0.29) is 0 Å². The van der Waals surface area contributed by atoms with Gasteiger partial charge in [-0.1, -0.05) is 13.8 Å². The first-order valence-electron chi connectivity index (χ1n) is 5.71. The van der Waals surface area contributed by atoms with Crippen LogP contribution < -0.4 is 10.6 Å². The van der Waals surface area contributed by atoms with E-state index >= 15 is 0 Å². The summed E-state index contributed by atoms with van der Waals surface area (Å²) < 4.78 is 1.19. The highest BCUT2D eigenvalue weighted by Gasteiger charge is 2.11. The van der Waals surface area contributed by atoms with E-state index in [4.69, 9.17) is 0 Å². The number of halogens is 1. The average Bonchev–Trinajstić information content (AvgIpc) is 2.63. The summed E-state index contributed by atoms with van der Waals surface area (Å²) in [6.07, 6.45) is 0. The molecule has 0 fully saturated rings. The monoisotopic (exact) mass is 304 g/mol. The second-order valence-corrected chi connectivity index (χ2v) is 6.34. The van der Waals surface area contributed by atoms with Gasteiger partial charge < -0.3 is 10.6 Å². The van der Waals surface area contributed by atoms with Crippen LogP contribution >= 0.6 is 27.3 Å². The largest absolute Gasteiger partial charge is 0.319 e. The zero-order chi connectivity index (χ0) is 12.0. The molecule has 2 N–H and O–H groups in total. The van der Waals surface area contributed by atoms with Gasteiger partial charge in [0, 0.05) is 21.3 Å². The molecule has 0 aliphatic carbocycles. The van der Waals surface area contributed by atoms with E-state index in [0.29, 0.717) is 5.92 Å². The van der Waals surface area contributed by atoms with Crippen LogP contribution in [0.15, 0.2) is 15.9 Å². The van der Waals surface area contributed by atoms with Gasteiger partial charge in [-0.3, -0.25) is 0 Å². The summed E-state index contributed by atoms with van der Waals surface area (Å²) in [7, 11) is 2.02. The zero-order valence-corrected chi connectivity index (χ0v) is 12.6. The molecule has 0 bridgehead atoms. The maximum atomic E-state index is 3.53. The number of nitrogens with one attached hydrogen (secondary N) is 2. The standard InChI is InChI=1S/C12H21BrN2S/c1-9(2)10(5-14-3)6-15-7-12-4-11(13)8-16-12/h4,8-10,14-15H,5-7H2,1-3H3. The van der Waals surface area contributed by atoms with Crippen LogP contribution in [0.4, 0.5) is 0 Å². The van der Waals surface area contributed by atoms with Gasteiger partial charge in [-0.15, -0.1) is 11.3 Å². The minimum atomic E-state index is 0.702. The van der Waals surface area contributed by atoms with Crippen molar-refractivity contribution < 1.29 is 0 Å². The first-order chi connectivity index (χ1) is 7.63. The van der Waals surface area contributed by atoms with E-state index in [1.54, 1.807) is 11.3 Å². The molecule has 92 valence electrons. The predicted octanol–water partition coefficient (Wildman–Crippen LogP) is 3.09. The summed E-state index contributed by atoms with van der Waals surface area (Å²) in [5.74, 6) is 1.42. The molecule has 0 saturated heterocycles. The Bertz CT molecular complexity index is 299. The molecule has 2 nitrogen and oxygen atoms in total. The Labute approximate surface area is 111 Å². The highest BCUT2D eigenvalue weighted by molar-refractivity contribution is 9.10. The van der Waals surface area contributed by atoms with Gasteiger partial charge in [-0.25, -0.2) is 0 Å². The van der Waals surface area contributed by atoms with E-state index in [2.05, 4.69) is 51.9 Å². The van der Waals surface area contributed by atoms with Gasteiger partial charge in [0.05, 0.1) is 0 Å². The predicted molar refractivity (Wildman–Crippen MR) is 76.0 cm³/mol. The van der Waals surface area contributed by atoms with Crippen molar-refractivity contribution in [2.75, 3.05) is 20.1 Å². The van der Waals surface area contributed by atoms with Gasteiger partial charge in [0.25, 0.3) is 0 Å². The minimum absolute atomic E-state index is 0.702. The Kier molecular flexibility index (Phi) is 6.58. The molecule has 1 unspecified atom stereocenters. The van der Waals surface area contributed by atoms with Crippen LogP contribution in [0.1, 0.15) is 18.7 Å². The molecular weight excluding hydrogens is 284 g/mol. The van der Waals surface area contributed by atoms with Gasteiger partial charge in [0.2, 0.25) is 0 Å². The van der Waals surface area contributed by atoms with Crippen LogP contribution in [0.5, 0.6) is 0 Å². The number of hydrogen-bond donors (Lipinski definition) is 2. The fraction of sp³-hybridized carbons (Fsp3) is 0.667. The van der Waals surface area contributed by atoms with E-state index in [0.717, 1.165) is 25.6 Å². The maximum absolute atomic E-state index is 3.53. The minimum Gasteiger partial charge on any atom is -0.319 e. The van der Waals surface area contributed by atoms with Gasteiger partial charge >= 0.3 is 0 Å². The van der Waals surface area contributed by atoms with Gasteiger partial charge in [0.15, 0.2) is 0 Å². The van der Waals surface area contributed by atoms with Crippen molar-refractivity contribution in [1.82, 2.24) is 10.6 Å². The van der Waals surface area contributed by atoms with Crippen LogP contribution in [-0.2, 0) is 6.54 Å². The van der Waals surface area contributed by atoms with Crippen molar-refractivity contribution in [3.63, 3.8) is 0 Å². The van der Waals surface area contributed by atoms with Crippen LogP contribution in [-0.4, -0.2) is 20.1 Å². The molecule has 0 amide bonds. The summed E-state index contributed by atoms with van der Waals surface area (Å²) in [6.45, 7) is 7.70. The highest BCUT2D eigenvalue weighted by atomic mass is 79.9. The number of hydrogen-bond acceptors (Lipinski definition) is 3. The Morgan fingerprint density at radius 2 is 2.12 bits per heavy atom. The molecule has 1 rings (SSSR count). The number of thiophene rings is 1. The molecule has 0 aliphatic heterocycles. The molecule has 0 radical (unpaired) electrons. The van der Waals surface area contributed by atoms with Gasteiger partial charge in [0.1, 0.15) is 0 Å². The van der Waals surface area contributed by atoms with E-state index in [1.807, 2.05) is 7.05 Å². The van der Waals surface area contributed by atoms with E-state index in [1.165, 1.54) is 9.35 Å².